The van der Waals surface area contributed by atoms with E-state index in [1.165, 1.54) is 11.3 Å². The van der Waals surface area contributed by atoms with Crippen molar-refractivity contribution in [2.45, 2.75) is 33.9 Å². The van der Waals surface area contributed by atoms with E-state index in [0.29, 0.717) is 0 Å². The van der Waals surface area contributed by atoms with Crippen molar-refractivity contribution in [3.8, 4) is 0 Å². The van der Waals surface area contributed by atoms with E-state index in [9.17, 15) is 0 Å². The Labute approximate surface area is 128 Å². The lowest BCUT2D eigenvalue weighted by Crippen LogP contribution is -2.21. The number of rotatable bonds is 7. The van der Waals surface area contributed by atoms with Gasteiger partial charge >= 0.3 is 0 Å². The predicted molar refractivity (Wildman–Crippen MR) is 89.5 cm³/mol. The van der Waals surface area contributed by atoms with Crippen LogP contribution in [0.15, 0.2) is 42.5 Å². The summed E-state index contributed by atoms with van der Waals surface area (Å²) in [4.78, 5) is 6.85. The molecule has 1 aromatic heterocycles. The van der Waals surface area contributed by atoms with Crippen molar-refractivity contribution >= 4 is 5.69 Å². The highest BCUT2D eigenvalue weighted by molar-refractivity contribution is 5.47. The predicted octanol–water partition coefficient (Wildman–Crippen LogP) is 3.53. The van der Waals surface area contributed by atoms with E-state index in [2.05, 4.69) is 65.4 Å². The third-order valence-electron chi connectivity index (χ3n) is 3.65. The molecule has 0 bridgehead atoms. The van der Waals surface area contributed by atoms with Gasteiger partial charge in [0.2, 0.25) is 0 Å². The fourth-order valence-corrected chi connectivity index (χ4v) is 2.45. The smallest absolute Gasteiger partial charge is 0.0544 e. The standard InChI is InChI=1S/C18H25N3/c1-4-21(5-2)18-11-9-16(10-12-18)13-19-14-17-8-6-7-15(3)20-17/h6-12,19H,4-5,13-14H2,1-3H3. The molecule has 0 aliphatic rings. The summed E-state index contributed by atoms with van der Waals surface area (Å²) in [6, 6.07) is 14.9. The van der Waals surface area contributed by atoms with Crippen LogP contribution in [0, 0.1) is 6.92 Å². The van der Waals surface area contributed by atoms with E-state index >= 15 is 0 Å². The third-order valence-corrected chi connectivity index (χ3v) is 3.65. The van der Waals surface area contributed by atoms with Gasteiger partial charge < -0.3 is 10.2 Å². The van der Waals surface area contributed by atoms with Gasteiger partial charge in [-0.15, -0.1) is 0 Å². The molecular weight excluding hydrogens is 258 g/mol. The van der Waals surface area contributed by atoms with Crippen LogP contribution in [-0.4, -0.2) is 18.1 Å². The van der Waals surface area contributed by atoms with Gasteiger partial charge in [0.1, 0.15) is 0 Å². The fraction of sp³-hybridized carbons (Fsp3) is 0.389. The molecule has 0 spiro atoms. The van der Waals surface area contributed by atoms with Gasteiger partial charge in [-0.25, -0.2) is 0 Å². The van der Waals surface area contributed by atoms with Crippen molar-refractivity contribution in [1.82, 2.24) is 10.3 Å². The maximum absolute atomic E-state index is 4.49. The first kappa shape index (κ1) is 15.5. The number of hydrogen-bond donors (Lipinski definition) is 1. The van der Waals surface area contributed by atoms with E-state index in [4.69, 9.17) is 0 Å². The van der Waals surface area contributed by atoms with Crippen LogP contribution in [0.25, 0.3) is 0 Å². The minimum Gasteiger partial charge on any atom is -0.372 e. The summed E-state index contributed by atoms with van der Waals surface area (Å²) in [5.74, 6) is 0. The minimum absolute atomic E-state index is 0.805. The molecule has 1 heterocycles. The molecule has 0 radical (unpaired) electrons. The Balaban J connectivity index is 1.86. The summed E-state index contributed by atoms with van der Waals surface area (Å²) in [6.07, 6.45) is 0. The monoisotopic (exact) mass is 283 g/mol. The molecule has 0 saturated heterocycles. The summed E-state index contributed by atoms with van der Waals surface area (Å²) in [7, 11) is 0. The van der Waals surface area contributed by atoms with Crippen molar-refractivity contribution in [1.29, 1.82) is 0 Å². The van der Waals surface area contributed by atoms with E-state index in [-0.39, 0.29) is 0 Å². The highest BCUT2D eigenvalue weighted by Gasteiger charge is 2.01. The summed E-state index contributed by atoms with van der Waals surface area (Å²) >= 11 is 0. The number of pyridine rings is 1. The largest absolute Gasteiger partial charge is 0.372 e. The number of benzene rings is 1. The first-order valence-electron chi connectivity index (χ1n) is 7.70. The Bertz CT molecular complexity index is 545. The highest BCUT2D eigenvalue weighted by Crippen LogP contribution is 2.14. The van der Waals surface area contributed by atoms with Crippen LogP contribution < -0.4 is 10.2 Å². The first-order valence-corrected chi connectivity index (χ1v) is 7.70. The maximum atomic E-state index is 4.49. The molecule has 0 atom stereocenters. The minimum atomic E-state index is 0.805. The Morgan fingerprint density at radius 1 is 0.952 bits per heavy atom. The molecule has 3 nitrogen and oxygen atoms in total. The Hall–Kier alpha value is -1.87. The zero-order valence-electron chi connectivity index (χ0n) is 13.3. The first-order chi connectivity index (χ1) is 10.2. The van der Waals surface area contributed by atoms with Gasteiger partial charge in [0.25, 0.3) is 0 Å². The van der Waals surface area contributed by atoms with Crippen LogP contribution in [0.4, 0.5) is 5.69 Å². The molecule has 0 amide bonds. The van der Waals surface area contributed by atoms with Gasteiger partial charge in [-0.2, -0.15) is 0 Å². The zero-order chi connectivity index (χ0) is 15.1. The zero-order valence-corrected chi connectivity index (χ0v) is 13.3. The Morgan fingerprint density at radius 3 is 2.29 bits per heavy atom. The highest BCUT2D eigenvalue weighted by atomic mass is 15.1. The molecule has 1 N–H and O–H groups in total. The van der Waals surface area contributed by atoms with Crippen LogP contribution in [0.5, 0.6) is 0 Å². The number of aromatic nitrogens is 1. The molecule has 112 valence electrons. The number of nitrogens with one attached hydrogen (secondary N) is 1. The summed E-state index contributed by atoms with van der Waals surface area (Å²) in [5.41, 5.74) is 4.76. The maximum Gasteiger partial charge on any atom is 0.0544 e. The van der Waals surface area contributed by atoms with Gasteiger partial charge in [0.05, 0.1) is 5.69 Å². The molecule has 1 aromatic carbocycles. The second-order valence-corrected chi connectivity index (χ2v) is 5.21. The van der Waals surface area contributed by atoms with Gasteiger partial charge in [-0.3, -0.25) is 4.98 Å². The molecule has 2 rings (SSSR count). The molecular formula is C18H25N3. The normalized spacial score (nSPS) is 10.6. The van der Waals surface area contributed by atoms with Crippen LogP contribution >= 0.6 is 0 Å². The number of nitrogens with zero attached hydrogens (tertiary/aromatic N) is 2. The van der Waals surface area contributed by atoms with E-state index in [1.54, 1.807) is 0 Å². The van der Waals surface area contributed by atoms with Crippen molar-refractivity contribution in [3.05, 3.63) is 59.4 Å². The van der Waals surface area contributed by atoms with E-state index in [1.807, 2.05) is 13.0 Å². The molecule has 0 aliphatic heterocycles. The topological polar surface area (TPSA) is 28.2 Å². The van der Waals surface area contributed by atoms with Crippen molar-refractivity contribution in [2.24, 2.45) is 0 Å². The van der Waals surface area contributed by atoms with Gasteiger partial charge in [0.15, 0.2) is 0 Å². The van der Waals surface area contributed by atoms with Crippen LogP contribution in [0.3, 0.4) is 0 Å². The molecule has 0 aliphatic carbocycles. The van der Waals surface area contributed by atoms with Crippen molar-refractivity contribution < 1.29 is 0 Å². The number of hydrogen-bond acceptors (Lipinski definition) is 3. The second-order valence-electron chi connectivity index (χ2n) is 5.21. The Morgan fingerprint density at radius 2 is 1.67 bits per heavy atom. The molecule has 0 saturated carbocycles. The second kappa shape index (κ2) is 7.79. The Kier molecular flexibility index (Phi) is 5.76. The van der Waals surface area contributed by atoms with Gasteiger partial charge in [0, 0.05) is 37.6 Å². The van der Waals surface area contributed by atoms with Crippen LogP contribution in [0.2, 0.25) is 0 Å². The fourth-order valence-electron chi connectivity index (χ4n) is 2.45. The molecule has 21 heavy (non-hydrogen) atoms. The quantitative estimate of drug-likeness (QED) is 0.842. The van der Waals surface area contributed by atoms with E-state index in [0.717, 1.165) is 37.6 Å². The van der Waals surface area contributed by atoms with Crippen LogP contribution in [-0.2, 0) is 13.1 Å². The third kappa shape index (κ3) is 4.57. The average Bonchev–Trinajstić information content (AvgIpc) is 2.50. The number of anilines is 1. The SMILES string of the molecule is CCN(CC)c1ccc(CNCc2cccc(C)n2)cc1. The van der Waals surface area contributed by atoms with Crippen molar-refractivity contribution in [2.75, 3.05) is 18.0 Å². The van der Waals surface area contributed by atoms with Crippen LogP contribution in [0.1, 0.15) is 30.8 Å². The average molecular weight is 283 g/mol. The van der Waals surface area contributed by atoms with Gasteiger partial charge in [-0.05, 0) is 50.6 Å². The summed E-state index contributed by atoms with van der Waals surface area (Å²) in [5, 5.41) is 3.45. The molecule has 2 aromatic rings. The number of aryl methyl sites for hydroxylation is 1. The lowest BCUT2D eigenvalue weighted by atomic mass is 10.2. The molecule has 0 unspecified atom stereocenters. The lowest BCUT2D eigenvalue weighted by molar-refractivity contribution is 0.678. The lowest BCUT2D eigenvalue weighted by Gasteiger charge is -2.21. The van der Waals surface area contributed by atoms with Gasteiger partial charge in [-0.1, -0.05) is 18.2 Å². The summed E-state index contributed by atoms with van der Waals surface area (Å²) < 4.78 is 0. The molecule has 0 fully saturated rings. The van der Waals surface area contributed by atoms with Crippen molar-refractivity contribution in [3.63, 3.8) is 0 Å². The molecule has 3 heteroatoms. The van der Waals surface area contributed by atoms with E-state index < -0.39 is 0 Å². The summed E-state index contributed by atoms with van der Waals surface area (Å²) in [6.45, 7) is 10.2.